The Morgan fingerprint density at radius 1 is 1.28 bits per heavy atom. The lowest BCUT2D eigenvalue weighted by molar-refractivity contribution is 0.434. The Morgan fingerprint density at radius 3 is 2.72 bits per heavy atom. The van der Waals surface area contributed by atoms with Crippen molar-refractivity contribution in [1.29, 1.82) is 0 Å². The largest absolute Gasteiger partial charge is 0.347 e. The van der Waals surface area contributed by atoms with Crippen molar-refractivity contribution < 1.29 is 0 Å². The number of nitrogens with zero attached hydrogens (tertiary/aromatic N) is 1. The van der Waals surface area contributed by atoms with Crippen LogP contribution in [-0.2, 0) is 12.6 Å². The molecule has 1 aliphatic heterocycles. The second-order valence-electron chi connectivity index (χ2n) is 5.85. The summed E-state index contributed by atoms with van der Waals surface area (Å²) in [5, 5.41) is 5.12. The fourth-order valence-electron chi connectivity index (χ4n) is 3.64. The molecule has 18 heavy (non-hydrogen) atoms. The first kappa shape index (κ1) is 11.8. The van der Waals surface area contributed by atoms with Crippen molar-refractivity contribution in [2.45, 2.75) is 39.2 Å². The number of hydrogen-bond donors (Lipinski definition) is 1. The molecule has 96 valence electrons. The second-order valence-corrected chi connectivity index (χ2v) is 5.85. The fraction of sp³-hybridized carbons (Fsp3) is 0.500. The SMILES string of the molecule is Cc1cccc2c(C3(C)CCCN3)c(C)n(C)c12. The van der Waals surface area contributed by atoms with E-state index in [1.807, 2.05) is 0 Å². The molecule has 2 heterocycles. The monoisotopic (exact) mass is 242 g/mol. The van der Waals surface area contributed by atoms with Crippen molar-refractivity contribution in [3.05, 3.63) is 35.0 Å². The summed E-state index contributed by atoms with van der Waals surface area (Å²) in [6.07, 6.45) is 2.51. The molecule has 1 aromatic heterocycles. The maximum atomic E-state index is 3.70. The van der Waals surface area contributed by atoms with Gasteiger partial charge < -0.3 is 9.88 Å². The van der Waals surface area contributed by atoms with Crippen LogP contribution in [0.5, 0.6) is 0 Å². The first-order valence-electron chi connectivity index (χ1n) is 6.85. The van der Waals surface area contributed by atoms with Crippen LogP contribution in [0.25, 0.3) is 10.9 Å². The smallest absolute Gasteiger partial charge is 0.0513 e. The molecule has 3 rings (SSSR count). The molecule has 0 saturated carbocycles. The maximum Gasteiger partial charge on any atom is 0.0513 e. The number of para-hydroxylation sites is 1. The molecule has 0 radical (unpaired) electrons. The topological polar surface area (TPSA) is 17.0 Å². The molecule has 2 nitrogen and oxygen atoms in total. The standard InChI is InChI=1S/C16H22N2/c1-11-7-5-8-13-14(12(2)18(4)15(11)13)16(3)9-6-10-17-16/h5,7-8,17H,6,9-10H2,1-4H3. The Hall–Kier alpha value is -1.28. The molecule has 1 aliphatic rings. The van der Waals surface area contributed by atoms with Crippen LogP contribution in [0.2, 0.25) is 0 Å². The minimum absolute atomic E-state index is 0.150. The highest BCUT2D eigenvalue weighted by Gasteiger charge is 2.34. The van der Waals surface area contributed by atoms with E-state index < -0.39 is 0 Å². The van der Waals surface area contributed by atoms with E-state index in [2.05, 4.69) is 55.9 Å². The van der Waals surface area contributed by atoms with E-state index in [-0.39, 0.29) is 5.54 Å². The quantitative estimate of drug-likeness (QED) is 0.811. The summed E-state index contributed by atoms with van der Waals surface area (Å²) in [6, 6.07) is 6.66. The molecule has 0 spiro atoms. The van der Waals surface area contributed by atoms with Crippen molar-refractivity contribution in [1.82, 2.24) is 9.88 Å². The van der Waals surface area contributed by atoms with Gasteiger partial charge in [0.15, 0.2) is 0 Å². The van der Waals surface area contributed by atoms with Gasteiger partial charge in [0.05, 0.1) is 5.52 Å². The van der Waals surface area contributed by atoms with Gasteiger partial charge in [-0.1, -0.05) is 18.2 Å². The fourth-order valence-corrected chi connectivity index (χ4v) is 3.64. The third-order valence-electron chi connectivity index (χ3n) is 4.63. The summed E-state index contributed by atoms with van der Waals surface area (Å²) >= 11 is 0. The van der Waals surface area contributed by atoms with Crippen LogP contribution < -0.4 is 5.32 Å². The van der Waals surface area contributed by atoms with Gasteiger partial charge in [0.2, 0.25) is 0 Å². The van der Waals surface area contributed by atoms with Gasteiger partial charge in [0, 0.05) is 29.2 Å². The van der Waals surface area contributed by atoms with Crippen molar-refractivity contribution in [3.63, 3.8) is 0 Å². The third-order valence-corrected chi connectivity index (χ3v) is 4.63. The van der Waals surface area contributed by atoms with Crippen LogP contribution in [0.1, 0.15) is 36.6 Å². The number of nitrogens with one attached hydrogen (secondary N) is 1. The summed E-state index contributed by atoms with van der Waals surface area (Å²) in [6.45, 7) is 7.94. The van der Waals surface area contributed by atoms with Crippen molar-refractivity contribution in [3.8, 4) is 0 Å². The minimum Gasteiger partial charge on any atom is -0.347 e. The first-order valence-corrected chi connectivity index (χ1v) is 6.85. The van der Waals surface area contributed by atoms with E-state index >= 15 is 0 Å². The highest BCUT2D eigenvalue weighted by Crippen LogP contribution is 2.39. The zero-order valence-electron chi connectivity index (χ0n) is 11.8. The minimum atomic E-state index is 0.150. The number of fused-ring (bicyclic) bond motifs is 1. The second kappa shape index (κ2) is 3.86. The third kappa shape index (κ3) is 1.45. The van der Waals surface area contributed by atoms with E-state index in [9.17, 15) is 0 Å². The molecule has 2 heteroatoms. The van der Waals surface area contributed by atoms with Gasteiger partial charge in [-0.3, -0.25) is 0 Å². The number of aryl methyl sites for hydroxylation is 2. The van der Waals surface area contributed by atoms with Gasteiger partial charge in [-0.15, -0.1) is 0 Å². The number of aromatic nitrogens is 1. The van der Waals surface area contributed by atoms with Crippen molar-refractivity contribution in [2.24, 2.45) is 7.05 Å². The maximum absolute atomic E-state index is 3.70. The van der Waals surface area contributed by atoms with Crippen LogP contribution in [0.4, 0.5) is 0 Å². The molecule has 1 fully saturated rings. The highest BCUT2D eigenvalue weighted by atomic mass is 15.0. The van der Waals surface area contributed by atoms with Crippen LogP contribution in [0.3, 0.4) is 0 Å². The lowest BCUT2D eigenvalue weighted by Crippen LogP contribution is -2.33. The Bertz CT molecular complexity index is 601. The average molecular weight is 242 g/mol. The van der Waals surface area contributed by atoms with Gasteiger partial charge in [0.25, 0.3) is 0 Å². The summed E-state index contributed by atoms with van der Waals surface area (Å²) in [5.41, 5.74) is 5.81. The van der Waals surface area contributed by atoms with Gasteiger partial charge in [-0.2, -0.15) is 0 Å². The first-order chi connectivity index (χ1) is 8.54. The predicted molar refractivity (Wildman–Crippen MR) is 77.0 cm³/mol. The Labute approximate surface area is 109 Å². The molecular weight excluding hydrogens is 220 g/mol. The molecule has 1 saturated heterocycles. The Kier molecular flexibility index (Phi) is 2.53. The number of hydrogen-bond acceptors (Lipinski definition) is 1. The normalized spacial score (nSPS) is 24.0. The summed E-state index contributed by atoms with van der Waals surface area (Å²) in [4.78, 5) is 0. The van der Waals surface area contributed by atoms with Crippen molar-refractivity contribution >= 4 is 10.9 Å². The van der Waals surface area contributed by atoms with E-state index in [0.717, 1.165) is 6.54 Å². The summed E-state index contributed by atoms with van der Waals surface area (Å²) < 4.78 is 2.35. The molecular formula is C16H22N2. The van der Waals surface area contributed by atoms with E-state index in [1.54, 1.807) is 0 Å². The van der Waals surface area contributed by atoms with E-state index in [0.29, 0.717) is 0 Å². The molecule has 0 aliphatic carbocycles. The number of benzene rings is 1. The predicted octanol–water partition coefficient (Wildman–Crippen LogP) is 3.39. The molecule has 2 aromatic rings. The Balaban J connectivity index is 2.36. The van der Waals surface area contributed by atoms with E-state index in [4.69, 9.17) is 0 Å². The van der Waals surface area contributed by atoms with Gasteiger partial charge in [-0.25, -0.2) is 0 Å². The lowest BCUT2D eigenvalue weighted by Gasteiger charge is -2.25. The summed E-state index contributed by atoms with van der Waals surface area (Å²) in [7, 11) is 2.19. The summed E-state index contributed by atoms with van der Waals surface area (Å²) in [5.74, 6) is 0. The zero-order chi connectivity index (χ0) is 12.9. The molecule has 1 unspecified atom stereocenters. The lowest BCUT2D eigenvalue weighted by atomic mass is 9.88. The van der Waals surface area contributed by atoms with Crippen molar-refractivity contribution in [2.75, 3.05) is 6.54 Å². The molecule has 0 bridgehead atoms. The molecule has 1 N–H and O–H groups in total. The van der Waals surface area contributed by atoms with Crippen LogP contribution in [0, 0.1) is 13.8 Å². The van der Waals surface area contributed by atoms with E-state index in [1.165, 1.54) is 40.6 Å². The van der Waals surface area contributed by atoms with Crippen LogP contribution >= 0.6 is 0 Å². The Morgan fingerprint density at radius 2 is 2.06 bits per heavy atom. The highest BCUT2D eigenvalue weighted by molar-refractivity contribution is 5.89. The zero-order valence-corrected chi connectivity index (χ0v) is 11.8. The molecule has 1 aromatic carbocycles. The van der Waals surface area contributed by atoms with Gasteiger partial charge in [0.1, 0.15) is 0 Å². The van der Waals surface area contributed by atoms with Crippen LogP contribution in [-0.4, -0.2) is 11.1 Å². The number of rotatable bonds is 1. The van der Waals surface area contributed by atoms with Gasteiger partial charge >= 0.3 is 0 Å². The van der Waals surface area contributed by atoms with Crippen LogP contribution in [0.15, 0.2) is 18.2 Å². The average Bonchev–Trinajstić information content (AvgIpc) is 2.85. The molecule has 1 atom stereocenters. The van der Waals surface area contributed by atoms with Gasteiger partial charge in [-0.05, 0) is 45.7 Å². The molecule has 0 amide bonds.